The van der Waals surface area contributed by atoms with Gasteiger partial charge in [-0.15, -0.1) is 0 Å². The Kier molecular flexibility index (Phi) is 5.01. The van der Waals surface area contributed by atoms with Crippen LogP contribution in [0.4, 0.5) is 0 Å². The van der Waals surface area contributed by atoms with E-state index in [9.17, 15) is 19.8 Å². The number of hydrogen-bond donors (Lipinski definition) is 3. The van der Waals surface area contributed by atoms with E-state index in [0.29, 0.717) is 11.1 Å². The lowest BCUT2D eigenvalue weighted by Gasteiger charge is -2.14. The number of carbonyl (C=O) groups is 2. The van der Waals surface area contributed by atoms with Crippen LogP contribution in [0.3, 0.4) is 0 Å². The second kappa shape index (κ2) is 6.08. The number of carboxylic acids is 1. The van der Waals surface area contributed by atoms with Crippen LogP contribution in [0.5, 0.6) is 0 Å². The summed E-state index contributed by atoms with van der Waals surface area (Å²) >= 11 is 3.19. The Morgan fingerprint density at radius 1 is 1.39 bits per heavy atom. The van der Waals surface area contributed by atoms with E-state index in [0.717, 1.165) is 0 Å². The lowest BCUT2D eigenvalue weighted by Crippen LogP contribution is -2.12. The van der Waals surface area contributed by atoms with Gasteiger partial charge >= 0.3 is 5.97 Å². The predicted molar refractivity (Wildman–Crippen MR) is 67.3 cm³/mol. The summed E-state index contributed by atoms with van der Waals surface area (Å²) in [5.41, 5.74) is 1.13. The van der Waals surface area contributed by atoms with Crippen LogP contribution in [0.2, 0.25) is 0 Å². The minimum atomic E-state index is -1.64. The van der Waals surface area contributed by atoms with Crippen molar-refractivity contribution < 1.29 is 24.9 Å². The van der Waals surface area contributed by atoms with Crippen molar-refractivity contribution in [2.45, 2.75) is 24.5 Å². The van der Waals surface area contributed by atoms with Gasteiger partial charge in [0.15, 0.2) is 6.10 Å². The summed E-state index contributed by atoms with van der Waals surface area (Å²) in [4.78, 5) is 21.4. The van der Waals surface area contributed by atoms with E-state index in [1.165, 1.54) is 25.1 Å². The molecule has 0 heterocycles. The first-order valence-corrected chi connectivity index (χ1v) is 6.09. The molecule has 6 heteroatoms. The average Bonchev–Trinajstić information content (AvgIpc) is 2.35. The van der Waals surface area contributed by atoms with Crippen molar-refractivity contribution in [3.63, 3.8) is 0 Å². The molecule has 0 spiro atoms. The van der Waals surface area contributed by atoms with Crippen LogP contribution >= 0.6 is 15.9 Å². The van der Waals surface area contributed by atoms with Crippen molar-refractivity contribution in [3.8, 4) is 0 Å². The molecule has 1 rings (SSSR count). The van der Waals surface area contributed by atoms with Gasteiger partial charge in [0.05, 0.1) is 11.4 Å². The van der Waals surface area contributed by atoms with Crippen LogP contribution in [0.15, 0.2) is 18.2 Å². The van der Waals surface area contributed by atoms with E-state index in [1.54, 1.807) is 0 Å². The first kappa shape index (κ1) is 14.8. The highest BCUT2D eigenvalue weighted by Gasteiger charge is 2.20. The third-order valence-corrected chi connectivity index (χ3v) is 3.65. The number of aliphatic hydroxyl groups is 2. The van der Waals surface area contributed by atoms with Gasteiger partial charge in [-0.2, -0.15) is 0 Å². The van der Waals surface area contributed by atoms with Crippen molar-refractivity contribution in [2.24, 2.45) is 0 Å². The van der Waals surface area contributed by atoms with Gasteiger partial charge in [0.2, 0.25) is 0 Å². The number of carbonyl (C=O) groups excluding carboxylic acids is 1. The first-order valence-electron chi connectivity index (χ1n) is 5.17. The number of benzene rings is 1. The van der Waals surface area contributed by atoms with Crippen LogP contribution in [0, 0.1) is 0 Å². The molecule has 0 aliphatic heterocycles. The fraction of sp³-hybridized carbons (Fsp3) is 0.333. The Labute approximate surface area is 112 Å². The number of rotatable bonds is 5. The summed E-state index contributed by atoms with van der Waals surface area (Å²) in [6.07, 6.45) is -1.64. The normalized spacial score (nSPS) is 14.0. The Morgan fingerprint density at radius 2 is 2.00 bits per heavy atom. The first-order chi connectivity index (χ1) is 8.38. The van der Waals surface area contributed by atoms with Crippen molar-refractivity contribution in [3.05, 3.63) is 34.9 Å². The van der Waals surface area contributed by atoms with Gasteiger partial charge < -0.3 is 15.3 Å². The number of aliphatic hydroxyl groups excluding tert-OH is 2. The molecular formula is C12H13BrO5. The van der Waals surface area contributed by atoms with Crippen LogP contribution in [-0.4, -0.2) is 27.1 Å². The zero-order chi connectivity index (χ0) is 13.9. The molecule has 0 saturated carbocycles. The topological polar surface area (TPSA) is 94.8 Å². The molecule has 0 aliphatic carbocycles. The molecule has 2 unspecified atom stereocenters. The van der Waals surface area contributed by atoms with Crippen LogP contribution in [-0.2, 0) is 16.2 Å². The second-order valence-corrected chi connectivity index (χ2v) is 4.75. The third-order valence-electron chi connectivity index (χ3n) is 2.52. The maximum absolute atomic E-state index is 11.3. The minimum absolute atomic E-state index is 0.128. The van der Waals surface area contributed by atoms with E-state index < -0.39 is 16.9 Å². The van der Waals surface area contributed by atoms with E-state index >= 15 is 0 Å². The fourth-order valence-electron chi connectivity index (χ4n) is 1.54. The molecule has 0 radical (unpaired) electrons. The highest BCUT2D eigenvalue weighted by Crippen LogP contribution is 2.29. The van der Waals surface area contributed by atoms with Crippen LogP contribution in [0.25, 0.3) is 0 Å². The number of hydrogen-bond acceptors (Lipinski definition) is 4. The number of aliphatic carboxylic acids is 1. The fourth-order valence-corrected chi connectivity index (χ4v) is 1.99. The van der Waals surface area contributed by atoms with Gasteiger partial charge in [-0.1, -0.05) is 28.1 Å². The number of Topliss-reactive ketones (excluding diaryl/α,β-unsaturated/α-hetero) is 1. The lowest BCUT2D eigenvalue weighted by atomic mass is 9.98. The number of alkyl halides is 1. The van der Waals surface area contributed by atoms with E-state index in [2.05, 4.69) is 15.9 Å². The molecule has 0 fully saturated rings. The maximum atomic E-state index is 11.3. The van der Waals surface area contributed by atoms with E-state index in [4.69, 9.17) is 5.11 Å². The van der Waals surface area contributed by atoms with Crippen molar-refractivity contribution in [1.82, 2.24) is 0 Å². The molecule has 1 aromatic rings. The smallest absolute Gasteiger partial charge is 0.337 e. The molecule has 0 aromatic heterocycles. The highest BCUT2D eigenvalue weighted by molar-refractivity contribution is 9.09. The molecule has 0 amide bonds. The molecule has 0 bridgehead atoms. The number of carboxylic acid groups (broad SMARTS) is 1. The van der Waals surface area contributed by atoms with Gasteiger partial charge in [0, 0.05) is 0 Å². The van der Waals surface area contributed by atoms with Gasteiger partial charge in [-0.25, -0.2) is 4.79 Å². The predicted octanol–water partition coefficient (Wildman–Crippen LogP) is 1.32. The maximum Gasteiger partial charge on any atom is 0.337 e. The average molecular weight is 317 g/mol. The molecule has 0 aliphatic rings. The summed E-state index contributed by atoms with van der Waals surface area (Å²) in [6, 6.07) is 4.32. The zero-order valence-electron chi connectivity index (χ0n) is 9.63. The summed E-state index contributed by atoms with van der Waals surface area (Å²) in [5.74, 6) is -1.50. The lowest BCUT2D eigenvalue weighted by molar-refractivity contribution is -0.147. The molecule has 1 aromatic carbocycles. The summed E-state index contributed by atoms with van der Waals surface area (Å²) in [7, 11) is 0. The molecule has 2 atom stereocenters. The van der Waals surface area contributed by atoms with Crippen LogP contribution < -0.4 is 0 Å². The van der Waals surface area contributed by atoms with Gasteiger partial charge in [-0.05, 0) is 29.7 Å². The Hall–Kier alpha value is -1.24. The van der Waals surface area contributed by atoms with Gasteiger partial charge in [0.1, 0.15) is 5.78 Å². The standard InChI is InChI=1S/C12H13BrO5/c1-6(15)10(13)9-3-2-7(4-8(9)5-14)11(16)12(17)18/h2-4,10-11,14,16H,5H2,1H3,(H,17,18). The Morgan fingerprint density at radius 3 is 2.44 bits per heavy atom. The van der Waals surface area contributed by atoms with Crippen molar-refractivity contribution in [1.29, 1.82) is 0 Å². The summed E-state index contributed by atoms with van der Waals surface area (Å²) < 4.78 is 0. The summed E-state index contributed by atoms with van der Waals surface area (Å²) in [5, 5.41) is 27.3. The molecule has 0 saturated heterocycles. The van der Waals surface area contributed by atoms with E-state index in [1.807, 2.05) is 0 Å². The second-order valence-electron chi connectivity index (χ2n) is 3.83. The molecule has 3 N–H and O–H groups in total. The molecular weight excluding hydrogens is 304 g/mol. The van der Waals surface area contributed by atoms with Crippen LogP contribution in [0.1, 0.15) is 34.5 Å². The van der Waals surface area contributed by atoms with Gasteiger partial charge in [0.25, 0.3) is 0 Å². The highest BCUT2D eigenvalue weighted by atomic mass is 79.9. The monoisotopic (exact) mass is 316 g/mol. The van der Waals surface area contributed by atoms with E-state index in [-0.39, 0.29) is 18.0 Å². The Balaban J connectivity index is 3.19. The molecule has 98 valence electrons. The van der Waals surface area contributed by atoms with Crippen molar-refractivity contribution in [2.75, 3.05) is 0 Å². The number of halogens is 1. The molecule has 18 heavy (non-hydrogen) atoms. The largest absolute Gasteiger partial charge is 0.479 e. The Bertz CT molecular complexity index is 472. The quantitative estimate of drug-likeness (QED) is 0.712. The van der Waals surface area contributed by atoms with Gasteiger partial charge in [-0.3, -0.25) is 4.79 Å². The molecule has 5 nitrogen and oxygen atoms in total. The minimum Gasteiger partial charge on any atom is -0.479 e. The summed E-state index contributed by atoms with van der Waals surface area (Å²) in [6.45, 7) is 1.06. The third kappa shape index (κ3) is 3.16. The zero-order valence-corrected chi connectivity index (χ0v) is 11.2. The SMILES string of the molecule is CC(=O)C(Br)c1ccc(C(O)C(=O)O)cc1CO. The number of ketones is 1. The van der Waals surface area contributed by atoms with Crippen molar-refractivity contribution >= 4 is 27.7 Å².